The summed E-state index contributed by atoms with van der Waals surface area (Å²) >= 11 is 18.5. The number of halogens is 2. The molecule has 0 aliphatic carbocycles. The Morgan fingerprint density at radius 1 is 1.07 bits per heavy atom. The van der Waals surface area contributed by atoms with Crippen LogP contribution in [-0.2, 0) is 0 Å². The zero-order valence-electron chi connectivity index (χ0n) is 14.3. The van der Waals surface area contributed by atoms with Crippen molar-refractivity contribution >= 4 is 73.8 Å². The van der Waals surface area contributed by atoms with Gasteiger partial charge in [0.15, 0.2) is 5.11 Å². The van der Waals surface area contributed by atoms with Crippen LogP contribution in [0, 0.1) is 0 Å². The standard InChI is InChI=1S/C18H13Cl2N3O3S2/c1-26-9-6-7-11-13(8-9)28-15(14(11)20)17(25)21-18(27)23-22-16(24)10-4-2-3-5-12(10)19/h2-8H,1H3,(H,22,24)(H2,21,23,25,27). The van der Waals surface area contributed by atoms with Crippen molar-refractivity contribution in [3.05, 3.63) is 63.0 Å². The van der Waals surface area contributed by atoms with E-state index in [1.165, 1.54) is 11.3 Å². The van der Waals surface area contributed by atoms with Gasteiger partial charge in [-0.15, -0.1) is 11.3 Å². The molecule has 0 saturated carbocycles. The lowest BCUT2D eigenvalue weighted by atomic mass is 10.2. The number of thiophene rings is 1. The van der Waals surface area contributed by atoms with Crippen LogP contribution in [0.4, 0.5) is 0 Å². The van der Waals surface area contributed by atoms with Crippen LogP contribution in [0.3, 0.4) is 0 Å². The quantitative estimate of drug-likeness (QED) is 0.409. The van der Waals surface area contributed by atoms with E-state index in [0.717, 1.165) is 10.1 Å². The number of methoxy groups -OCH3 is 1. The van der Waals surface area contributed by atoms with Crippen molar-refractivity contribution in [1.82, 2.24) is 16.2 Å². The predicted molar refractivity (Wildman–Crippen MR) is 116 cm³/mol. The van der Waals surface area contributed by atoms with E-state index in [2.05, 4.69) is 16.2 Å². The van der Waals surface area contributed by atoms with Crippen LogP contribution < -0.4 is 20.9 Å². The highest BCUT2D eigenvalue weighted by atomic mass is 35.5. The average Bonchev–Trinajstić information content (AvgIpc) is 3.02. The largest absolute Gasteiger partial charge is 0.497 e. The van der Waals surface area contributed by atoms with Gasteiger partial charge in [-0.2, -0.15) is 0 Å². The zero-order chi connectivity index (χ0) is 20.3. The van der Waals surface area contributed by atoms with E-state index in [9.17, 15) is 9.59 Å². The first-order valence-electron chi connectivity index (χ1n) is 7.83. The summed E-state index contributed by atoms with van der Waals surface area (Å²) in [5.74, 6) is -0.319. The second-order valence-corrected chi connectivity index (χ2v) is 7.70. The summed E-state index contributed by atoms with van der Waals surface area (Å²) in [5, 5.41) is 3.75. The molecule has 10 heteroatoms. The monoisotopic (exact) mass is 453 g/mol. The molecule has 144 valence electrons. The van der Waals surface area contributed by atoms with Crippen LogP contribution in [0.2, 0.25) is 10.0 Å². The first-order chi connectivity index (χ1) is 13.4. The number of hydrogen-bond donors (Lipinski definition) is 3. The molecule has 1 aromatic heterocycles. The van der Waals surface area contributed by atoms with E-state index < -0.39 is 11.8 Å². The van der Waals surface area contributed by atoms with Gasteiger partial charge in [-0.25, -0.2) is 0 Å². The van der Waals surface area contributed by atoms with E-state index >= 15 is 0 Å². The molecule has 0 bridgehead atoms. The van der Waals surface area contributed by atoms with E-state index in [4.69, 9.17) is 40.2 Å². The van der Waals surface area contributed by atoms with Crippen molar-refractivity contribution in [3.63, 3.8) is 0 Å². The predicted octanol–water partition coefficient (Wildman–Crippen LogP) is 4.17. The van der Waals surface area contributed by atoms with Gasteiger partial charge in [-0.05, 0) is 42.5 Å². The van der Waals surface area contributed by atoms with Gasteiger partial charge in [0.05, 0.1) is 22.7 Å². The molecule has 0 aliphatic heterocycles. The topological polar surface area (TPSA) is 79.5 Å². The number of thiocarbonyl (C=S) groups is 1. The summed E-state index contributed by atoms with van der Waals surface area (Å²) in [4.78, 5) is 24.9. The number of benzene rings is 2. The Bertz CT molecular complexity index is 1090. The molecular weight excluding hydrogens is 441 g/mol. The average molecular weight is 454 g/mol. The molecule has 0 fully saturated rings. The number of fused-ring (bicyclic) bond motifs is 1. The van der Waals surface area contributed by atoms with Crippen LogP contribution in [0.5, 0.6) is 5.75 Å². The SMILES string of the molecule is COc1ccc2c(Cl)c(C(=O)NC(=S)NNC(=O)c3ccccc3Cl)sc2c1. The van der Waals surface area contributed by atoms with Crippen LogP contribution in [-0.4, -0.2) is 24.0 Å². The van der Waals surface area contributed by atoms with Crippen LogP contribution in [0.15, 0.2) is 42.5 Å². The second-order valence-electron chi connectivity index (χ2n) is 5.45. The summed E-state index contributed by atoms with van der Waals surface area (Å²) < 4.78 is 5.98. The fourth-order valence-electron chi connectivity index (χ4n) is 2.34. The first-order valence-corrected chi connectivity index (χ1v) is 9.81. The van der Waals surface area contributed by atoms with Crippen molar-refractivity contribution in [2.45, 2.75) is 0 Å². The van der Waals surface area contributed by atoms with E-state index in [1.807, 2.05) is 0 Å². The molecule has 3 N–H and O–H groups in total. The van der Waals surface area contributed by atoms with Gasteiger partial charge in [0, 0.05) is 10.1 Å². The molecular formula is C18H13Cl2N3O3S2. The highest BCUT2D eigenvalue weighted by Crippen LogP contribution is 2.37. The normalized spacial score (nSPS) is 10.4. The maximum Gasteiger partial charge on any atom is 0.271 e. The van der Waals surface area contributed by atoms with Gasteiger partial charge in [0.2, 0.25) is 0 Å². The third-order valence-electron chi connectivity index (χ3n) is 3.68. The summed E-state index contributed by atoms with van der Waals surface area (Å²) in [6, 6.07) is 11.9. The number of carbonyl (C=O) groups excluding carboxylic acids is 2. The van der Waals surface area contributed by atoms with Crippen molar-refractivity contribution in [2.24, 2.45) is 0 Å². The molecule has 0 radical (unpaired) electrons. The van der Waals surface area contributed by atoms with Gasteiger partial charge in [-0.1, -0.05) is 35.3 Å². The Hall–Kier alpha value is -2.39. The molecule has 0 unspecified atom stereocenters. The third kappa shape index (κ3) is 4.36. The van der Waals surface area contributed by atoms with Gasteiger partial charge in [0.1, 0.15) is 10.6 Å². The number of hydrogen-bond acceptors (Lipinski definition) is 5. The Kier molecular flexibility index (Phi) is 6.35. The number of hydrazine groups is 1. The molecule has 1 heterocycles. The van der Waals surface area contributed by atoms with Crippen LogP contribution >= 0.6 is 46.8 Å². The van der Waals surface area contributed by atoms with Crippen molar-refractivity contribution in [3.8, 4) is 5.75 Å². The summed E-state index contributed by atoms with van der Waals surface area (Å²) in [6.45, 7) is 0. The van der Waals surface area contributed by atoms with Crippen molar-refractivity contribution in [1.29, 1.82) is 0 Å². The highest BCUT2D eigenvalue weighted by Gasteiger charge is 2.19. The Labute approximate surface area is 179 Å². The number of carbonyl (C=O) groups is 2. The Balaban J connectivity index is 1.65. The fraction of sp³-hybridized carbons (Fsp3) is 0.0556. The molecule has 6 nitrogen and oxygen atoms in total. The first kappa shape index (κ1) is 20.3. The van der Waals surface area contributed by atoms with Crippen molar-refractivity contribution in [2.75, 3.05) is 7.11 Å². The fourth-order valence-corrected chi connectivity index (χ4v) is 4.14. The summed E-state index contributed by atoms with van der Waals surface area (Å²) in [7, 11) is 1.56. The summed E-state index contributed by atoms with van der Waals surface area (Å²) in [5.41, 5.74) is 5.11. The number of ether oxygens (including phenoxy) is 1. The lowest BCUT2D eigenvalue weighted by Crippen LogP contribution is -2.48. The molecule has 0 atom stereocenters. The lowest BCUT2D eigenvalue weighted by Gasteiger charge is -2.11. The van der Waals surface area contributed by atoms with E-state index in [1.54, 1.807) is 49.6 Å². The molecule has 28 heavy (non-hydrogen) atoms. The lowest BCUT2D eigenvalue weighted by molar-refractivity contribution is 0.0935. The molecule has 0 aliphatic rings. The van der Waals surface area contributed by atoms with Crippen LogP contribution in [0.25, 0.3) is 10.1 Å². The van der Waals surface area contributed by atoms with Gasteiger partial charge < -0.3 is 4.74 Å². The minimum atomic E-state index is -0.491. The second kappa shape index (κ2) is 8.74. The highest BCUT2D eigenvalue weighted by molar-refractivity contribution is 7.80. The molecule has 3 aromatic rings. The summed E-state index contributed by atoms with van der Waals surface area (Å²) in [6.07, 6.45) is 0. The maximum absolute atomic E-state index is 12.5. The molecule has 3 rings (SSSR count). The Morgan fingerprint density at radius 3 is 2.54 bits per heavy atom. The molecule has 2 aromatic carbocycles. The van der Waals surface area contributed by atoms with Crippen molar-refractivity contribution < 1.29 is 14.3 Å². The molecule has 0 spiro atoms. The number of amides is 2. The zero-order valence-corrected chi connectivity index (χ0v) is 17.5. The number of rotatable bonds is 3. The van der Waals surface area contributed by atoms with E-state index in [0.29, 0.717) is 20.7 Å². The number of nitrogens with one attached hydrogen (secondary N) is 3. The smallest absolute Gasteiger partial charge is 0.271 e. The van der Waals surface area contributed by atoms with E-state index in [-0.39, 0.29) is 10.7 Å². The minimum Gasteiger partial charge on any atom is -0.497 e. The third-order valence-corrected chi connectivity index (χ3v) is 5.87. The maximum atomic E-state index is 12.5. The van der Waals surface area contributed by atoms with Crippen LogP contribution in [0.1, 0.15) is 20.0 Å². The minimum absolute atomic E-state index is 0.0866. The van der Waals surface area contributed by atoms with Gasteiger partial charge >= 0.3 is 0 Å². The molecule has 0 saturated heterocycles. The van der Waals surface area contributed by atoms with Gasteiger partial charge in [-0.3, -0.25) is 25.8 Å². The molecule has 2 amide bonds. The Morgan fingerprint density at radius 2 is 1.82 bits per heavy atom. The van der Waals surface area contributed by atoms with Gasteiger partial charge in [0.25, 0.3) is 11.8 Å².